The molecule has 3 aliphatic rings. The minimum atomic E-state index is -1.52. The summed E-state index contributed by atoms with van der Waals surface area (Å²) < 4.78 is 17.6. The largest absolute Gasteiger partial charge is 0.458 e. The van der Waals surface area contributed by atoms with Gasteiger partial charge < -0.3 is 34.9 Å². The quantitative estimate of drug-likeness (QED) is 0.350. The number of benzene rings is 1. The molecule has 6 rings (SSSR count). The fourth-order valence-electron chi connectivity index (χ4n) is 4.78. The van der Waals surface area contributed by atoms with Gasteiger partial charge in [-0.25, -0.2) is 9.78 Å². The zero-order valence-corrected chi connectivity index (χ0v) is 17.9. The highest BCUT2D eigenvalue weighted by Gasteiger charge is 2.35. The van der Waals surface area contributed by atoms with E-state index in [0.717, 1.165) is 16.5 Å². The lowest BCUT2D eigenvalue weighted by molar-refractivity contribution is -0.157. The molecular weight excluding hydrogens is 444 g/mol. The summed E-state index contributed by atoms with van der Waals surface area (Å²) in [5.41, 5.74) is 9.03. The fraction of sp³-hybridized carbons (Fsp3) is 0.304. The Balaban J connectivity index is 1.54. The Morgan fingerprint density at radius 3 is 2.76 bits per heavy atom. The average Bonchev–Trinajstić information content (AvgIpc) is 3.44. The zero-order valence-electron chi connectivity index (χ0n) is 17.9. The summed E-state index contributed by atoms with van der Waals surface area (Å²) in [6, 6.07) is 5.28. The second-order valence-electron chi connectivity index (χ2n) is 8.31. The van der Waals surface area contributed by atoms with E-state index in [4.69, 9.17) is 24.9 Å². The normalized spacial score (nSPS) is 17.2. The number of nitrogens with one attached hydrogen (secondary N) is 1. The summed E-state index contributed by atoms with van der Waals surface area (Å²) in [6.45, 7) is 0.432. The van der Waals surface area contributed by atoms with Crippen LogP contribution in [0.5, 0.6) is 11.5 Å². The van der Waals surface area contributed by atoms with Gasteiger partial charge in [-0.3, -0.25) is 9.59 Å². The van der Waals surface area contributed by atoms with Crippen molar-refractivity contribution in [3.63, 3.8) is 0 Å². The molecule has 0 fully saturated rings. The van der Waals surface area contributed by atoms with Gasteiger partial charge in [-0.05, 0) is 24.1 Å². The number of nitrogens with two attached hydrogens (primary N) is 1. The Bertz CT molecular complexity index is 1460. The number of pyridine rings is 2. The third-order valence-corrected chi connectivity index (χ3v) is 6.45. The van der Waals surface area contributed by atoms with Crippen molar-refractivity contribution in [2.75, 3.05) is 19.9 Å². The van der Waals surface area contributed by atoms with Crippen LogP contribution in [0.3, 0.4) is 0 Å². The van der Waals surface area contributed by atoms with Gasteiger partial charge in [0.15, 0.2) is 17.6 Å². The predicted molar refractivity (Wildman–Crippen MR) is 117 cm³/mol. The molecule has 4 N–H and O–H groups in total. The van der Waals surface area contributed by atoms with Gasteiger partial charge in [0, 0.05) is 29.1 Å². The Labute approximate surface area is 192 Å². The molecule has 174 valence electrons. The number of ether oxygens (including phenoxy) is 3. The summed E-state index contributed by atoms with van der Waals surface area (Å²) in [5.74, 6) is 0.119. The molecule has 0 spiro atoms. The lowest BCUT2D eigenvalue weighted by Crippen LogP contribution is -2.32. The Morgan fingerprint density at radius 1 is 1.18 bits per heavy atom. The van der Waals surface area contributed by atoms with E-state index in [1.165, 1.54) is 0 Å². The zero-order chi connectivity index (χ0) is 23.6. The molecule has 3 aliphatic heterocycles. The lowest BCUT2D eigenvalue weighted by Gasteiger charge is -2.21. The Morgan fingerprint density at radius 2 is 1.97 bits per heavy atom. The van der Waals surface area contributed by atoms with Crippen LogP contribution in [0.2, 0.25) is 0 Å². The second-order valence-corrected chi connectivity index (χ2v) is 8.31. The van der Waals surface area contributed by atoms with Gasteiger partial charge in [-0.2, -0.15) is 0 Å². The van der Waals surface area contributed by atoms with E-state index in [-0.39, 0.29) is 49.1 Å². The molecule has 3 aromatic rings. The van der Waals surface area contributed by atoms with Gasteiger partial charge in [0.05, 0.1) is 35.6 Å². The summed E-state index contributed by atoms with van der Waals surface area (Å²) in [5, 5.41) is 13.9. The fourth-order valence-corrected chi connectivity index (χ4v) is 4.78. The van der Waals surface area contributed by atoms with E-state index in [9.17, 15) is 19.5 Å². The lowest BCUT2D eigenvalue weighted by atomic mass is 9.96. The number of rotatable bonds is 4. The highest BCUT2D eigenvalue weighted by Crippen LogP contribution is 2.42. The van der Waals surface area contributed by atoms with Crippen LogP contribution >= 0.6 is 0 Å². The smallest absolute Gasteiger partial charge is 0.340 e. The number of aliphatic hydroxyl groups excluding tert-OH is 1. The van der Waals surface area contributed by atoms with E-state index in [1.807, 2.05) is 6.07 Å². The number of nitrogens with zero attached hydrogens (tertiary/aromatic N) is 2. The molecule has 34 heavy (non-hydrogen) atoms. The molecule has 11 nitrogen and oxygen atoms in total. The SMILES string of the molecule is NCC(=O)NCCc1c2c(nc3cc4c(cc13)OCO4)-c1cc3c(c(=O)n1C2)COC(=O)[C@H]3O. The third kappa shape index (κ3) is 2.97. The minimum Gasteiger partial charge on any atom is -0.458 e. The van der Waals surface area contributed by atoms with Crippen LogP contribution in [0.25, 0.3) is 22.3 Å². The van der Waals surface area contributed by atoms with Crippen LogP contribution in [0.4, 0.5) is 0 Å². The number of aromatic nitrogens is 2. The van der Waals surface area contributed by atoms with Crippen molar-refractivity contribution in [2.24, 2.45) is 5.73 Å². The standard InChI is InChI=1S/C23H20N4O7/c24-6-19(28)25-2-1-10-11-4-17-18(34-9-33-17)5-15(11)26-20-13(10)7-27-16(20)3-12-14(22(27)30)8-32-23(31)21(12)29/h3-5,21,29H,1-2,6-9,24H2,(H,25,28)/t21-/m0/s1. The number of carbonyl (C=O) groups is 2. The molecule has 5 heterocycles. The van der Waals surface area contributed by atoms with Gasteiger partial charge in [0.2, 0.25) is 12.7 Å². The van der Waals surface area contributed by atoms with Gasteiger partial charge in [-0.15, -0.1) is 0 Å². The van der Waals surface area contributed by atoms with Gasteiger partial charge in [0.25, 0.3) is 5.56 Å². The van der Waals surface area contributed by atoms with Crippen LogP contribution < -0.4 is 26.1 Å². The molecule has 11 heteroatoms. The number of hydrogen-bond donors (Lipinski definition) is 3. The van der Waals surface area contributed by atoms with Crippen molar-refractivity contribution in [2.45, 2.75) is 25.7 Å². The van der Waals surface area contributed by atoms with E-state index >= 15 is 0 Å². The summed E-state index contributed by atoms with van der Waals surface area (Å²) in [4.78, 5) is 41.7. The van der Waals surface area contributed by atoms with E-state index in [2.05, 4.69) is 5.32 Å². The number of aliphatic hydroxyl groups is 1. The van der Waals surface area contributed by atoms with E-state index < -0.39 is 12.1 Å². The first-order chi connectivity index (χ1) is 16.5. The van der Waals surface area contributed by atoms with Crippen LogP contribution in [0.1, 0.15) is 28.4 Å². The maximum absolute atomic E-state index is 13.3. The van der Waals surface area contributed by atoms with Crippen molar-refractivity contribution in [3.05, 3.63) is 50.8 Å². The maximum atomic E-state index is 13.3. The number of amides is 1. The number of cyclic esters (lactones) is 1. The summed E-state index contributed by atoms with van der Waals surface area (Å²) in [6.07, 6.45) is -1.05. The first kappa shape index (κ1) is 20.6. The van der Waals surface area contributed by atoms with E-state index in [1.54, 1.807) is 16.7 Å². The third-order valence-electron chi connectivity index (χ3n) is 6.45. The van der Waals surface area contributed by atoms with Crippen molar-refractivity contribution >= 4 is 22.8 Å². The summed E-state index contributed by atoms with van der Waals surface area (Å²) >= 11 is 0. The molecule has 0 radical (unpaired) electrons. The molecule has 0 aliphatic carbocycles. The first-order valence-corrected chi connectivity index (χ1v) is 10.8. The predicted octanol–water partition coefficient (Wildman–Crippen LogP) is -0.139. The maximum Gasteiger partial charge on any atom is 0.340 e. The number of hydrogen-bond acceptors (Lipinski definition) is 9. The monoisotopic (exact) mass is 464 g/mol. The molecule has 1 atom stereocenters. The number of esters is 1. The van der Waals surface area contributed by atoms with Gasteiger partial charge in [0.1, 0.15) is 6.61 Å². The van der Waals surface area contributed by atoms with Crippen LogP contribution in [0.15, 0.2) is 23.0 Å². The number of fused-ring (bicyclic) bond motifs is 6. The van der Waals surface area contributed by atoms with Crippen LogP contribution in [0, 0.1) is 0 Å². The van der Waals surface area contributed by atoms with Crippen molar-refractivity contribution < 1.29 is 28.9 Å². The van der Waals surface area contributed by atoms with Crippen LogP contribution in [-0.4, -0.2) is 46.4 Å². The van der Waals surface area contributed by atoms with Crippen LogP contribution in [-0.2, 0) is 33.9 Å². The van der Waals surface area contributed by atoms with Gasteiger partial charge >= 0.3 is 5.97 Å². The minimum absolute atomic E-state index is 0.108. The van der Waals surface area contributed by atoms with Crippen molar-refractivity contribution in [1.29, 1.82) is 0 Å². The topological polar surface area (TPSA) is 155 Å². The molecular formula is C23H20N4O7. The molecule has 1 aromatic carbocycles. The molecule has 0 saturated heterocycles. The first-order valence-electron chi connectivity index (χ1n) is 10.8. The molecule has 0 bridgehead atoms. The molecule has 0 saturated carbocycles. The number of carbonyl (C=O) groups excluding carboxylic acids is 2. The summed E-state index contributed by atoms with van der Waals surface area (Å²) in [7, 11) is 0. The molecule has 1 amide bonds. The highest BCUT2D eigenvalue weighted by atomic mass is 16.7. The molecule has 0 unspecified atom stereocenters. The Hall–Kier alpha value is -3.96. The average molecular weight is 464 g/mol. The van der Waals surface area contributed by atoms with Crippen molar-refractivity contribution in [1.82, 2.24) is 14.9 Å². The highest BCUT2D eigenvalue weighted by molar-refractivity contribution is 5.91. The molecule has 2 aromatic heterocycles. The van der Waals surface area contributed by atoms with Gasteiger partial charge in [-0.1, -0.05) is 0 Å². The van der Waals surface area contributed by atoms with Crippen molar-refractivity contribution in [3.8, 4) is 22.9 Å². The second kappa shape index (κ2) is 7.54. The Kier molecular flexibility index (Phi) is 4.57. The van der Waals surface area contributed by atoms with E-state index in [0.29, 0.717) is 41.4 Å².